The second kappa shape index (κ2) is 13.8. The highest BCUT2D eigenvalue weighted by Crippen LogP contribution is 2.42. The van der Waals surface area contributed by atoms with E-state index in [1.807, 2.05) is 84.9 Å². The topological polar surface area (TPSA) is 43.6 Å². The molecule has 10 aromatic carbocycles. The molecule has 0 radical (unpaired) electrons. The van der Waals surface area contributed by atoms with E-state index < -0.39 is 48.3 Å². The number of nitrogens with zero attached hydrogens (tertiary/aromatic N) is 4. The lowest BCUT2D eigenvalue weighted by Crippen LogP contribution is -2.04. The summed E-state index contributed by atoms with van der Waals surface area (Å²) in [5.41, 5.74) is 3.85. The van der Waals surface area contributed by atoms with E-state index in [4.69, 9.17) is 20.4 Å². The fourth-order valence-electron chi connectivity index (χ4n) is 9.04. The Labute approximate surface area is 371 Å². The van der Waals surface area contributed by atoms with E-state index in [0.29, 0.717) is 22.9 Å². The summed E-state index contributed by atoms with van der Waals surface area (Å²) in [4.78, 5) is 15.4. The largest absolute Gasteiger partial charge is 0.308 e. The van der Waals surface area contributed by atoms with Gasteiger partial charge in [-0.2, -0.15) is 0 Å². The molecular formula is C57H34N4S. The fraction of sp³-hybridized carbons (Fsp3) is 0. The van der Waals surface area contributed by atoms with Gasteiger partial charge in [-0.3, -0.25) is 0 Å². The van der Waals surface area contributed by atoms with Crippen LogP contribution in [0, 0.1) is 0 Å². The molecule has 0 amide bonds. The van der Waals surface area contributed by atoms with Crippen LogP contribution in [0.15, 0.2) is 206 Å². The molecule has 0 spiro atoms. The molecule has 0 N–H and O–H groups in total. The third-order valence-corrected chi connectivity index (χ3v) is 13.0. The standard InChI is InChI=1S/C57H34N4S/c1-2-14-35(15-3-1)55-58-56(38-28-30-47-46-22-10-13-25-53(46)62-54(47)34-38)60-57(59-55)48-31-27-37(33-52(48)61-50-23-11-8-20-44(50)45-21-9-12-24-51(45)61)36-26-29-43-41-18-5-4-16-39(41)40-17-6-7-19-42(40)49(43)32-36/h1-34H/i8D,9D,11D,12D,20D,21D,23D,24D. The maximum Gasteiger partial charge on any atom is 0.166 e. The molecule has 0 aliphatic rings. The second-order valence-corrected chi connectivity index (χ2v) is 16.4. The number of thiophene rings is 1. The summed E-state index contributed by atoms with van der Waals surface area (Å²) in [5.74, 6) is 1.04. The third kappa shape index (κ3) is 5.42. The van der Waals surface area contributed by atoms with Crippen molar-refractivity contribution in [1.82, 2.24) is 19.5 Å². The van der Waals surface area contributed by atoms with Crippen LogP contribution in [0.2, 0.25) is 0 Å². The van der Waals surface area contributed by atoms with Crippen molar-refractivity contribution in [3.63, 3.8) is 0 Å². The molecule has 0 aliphatic heterocycles. The predicted octanol–water partition coefficient (Wildman–Crippen LogP) is 15.5. The van der Waals surface area contributed by atoms with Gasteiger partial charge in [0.25, 0.3) is 0 Å². The van der Waals surface area contributed by atoms with Gasteiger partial charge in [0.2, 0.25) is 0 Å². The van der Waals surface area contributed by atoms with Crippen molar-refractivity contribution in [3.05, 3.63) is 206 Å². The Bertz CT molecular complexity index is 4300. The highest BCUT2D eigenvalue weighted by molar-refractivity contribution is 7.25. The van der Waals surface area contributed by atoms with E-state index in [9.17, 15) is 5.48 Å². The molecule has 3 aromatic heterocycles. The minimum atomic E-state index is -0.515. The molecule has 0 aliphatic carbocycles. The highest BCUT2D eigenvalue weighted by atomic mass is 32.1. The number of hydrogen-bond acceptors (Lipinski definition) is 4. The van der Waals surface area contributed by atoms with Crippen molar-refractivity contribution in [3.8, 4) is 51.0 Å². The molecule has 13 rings (SSSR count). The Hall–Kier alpha value is -7.99. The minimum absolute atomic E-state index is 0.00449. The van der Waals surface area contributed by atoms with Crippen LogP contribution in [0.25, 0.3) is 125 Å². The molecule has 13 aromatic rings. The van der Waals surface area contributed by atoms with Gasteiger partial charge in [0.1, 0.15) is 0 Å². The Kier molecular flexibility index (Phi) is 6.16. The summed E-state index contributed by atoms with van der Waals surface area (Å²) in [5, 5.41) is 8.86. The Morgan fingerprint density at radius 3 is 1.56 bits per heavy atom. The zero-order valence-electron chi connectivity index (χ0n) is 40.7. The summed E-state index contributed by atoms with van der Waals surface area (Å²) < 4.78 is 76.5. The van der Waals surface area contributed by atoms with Crippen molar-refractivity contribution >= 4 is 85.6 Å². The molecule has 62 heavy (non-hydrogen) atoms. The lowest BCUT2D eigenvalue weighted by Gasteiger charge is -2.17. The van der Waals surface area contributed by atoms with Crippen LogP contribution < -0.4 is 0 Å². The van der Waals surface area contributed by atoms with Gasteiger partial charge in [-0.15, -0.1) is 11.3 Å². The Balaban J connectivity index is 1.14. The van der Waals surface area contributed by atoms with Crippen molar-refractivity contribution in [1.29, 1.82) is 0 Å². The summed E-state index contributed by atoms with van der Waals surface area (Å²) in [6.45, 7) is 0. The smallest absolute Gasteiger partial charge is 0.166 e. The summed E-state index contributed by atoms with van der Waals surface area (Å²) in [6.07, 6.45) is 0. The molecule has 3 heterocycles. The molecule has 0 saturated heterocycles. The molecule has 288 valence electrons. The maximum atomic E-state index is 9.45. The van der Waals surface area contributed by atoms with Crippen molar-refractivity contribution in [2.75, 3.05) is 0 Å². The normalized spacial score (nSPS) is 13.7. The fourth-order valence-corrected chi connectivity index (χ4v) is 10.2. The van der Waals surface area contributed by atoms with Gasteiger partial charge in [0.15, 0.2) is 17.5 Å². The number of hydrogen-bond donors (Lipinski definition) is 0. The number of para-hydroxylation sites is 2. The first-order valence-electron chi connectivity index (χ1n) is 24.3. The van der Waals surface area contributed by atoms with E-state index >= 15 is 0 Å². The summed E-state index contributed by atoms with van der Waals surface area (Å²) in [6, 6.07) is 49.2. The van der Waals surface area contributed by atoms with E-state index in [-0.39, 0.29) is 27.6 Å². The second-order valence-electron chi connectivity index (χ2n) is 15.3. The summed E-state index contributed by atoms with van der Waals surface area (Å²) in [7, 11) is 0. The molecule has 0 saturated carbocycles. The zero-order chi connectivity index (χ0) is 47.7. The van der Waals surface area contributed by atoms with Crippen LogP contribution in [0.3, 0.4) is 0 Å². The van der Waals surface area contributed by atoms with Crippen LogP contribution in [0.4, 0.5) is 0 Å². The van der Waals surface area contributed by atoms with Gasteiger partial charge in [0.05, 0.1) is 27.7 Å². The maximum absolute atomic E-state index is 9.45. The van der Waals surface area contributed by atoms with E-state index in [1.54, 1.807) is 15.9 Å². The van der Waals surface area contributed by atoms with Gasteiger partial charge in [-0.1, -0.05) is 164 Å². The minimum Gasteiger partial charge on any atom is -0.308 e. The van der Waals surface area contributed by atoms with Crippen molar-refractivity contribution in [2.45, 2.75) is 0 Å². The van der Waals surface area contributed by atoms with E-state index in [2.05, 4.69) is 72.8 Å². The Morgan fingerprint density at radius 1 is 0.355 bits per heavy atom. The van der Waals surface area contributed by atoms with Crippen LogP contribution in [0.5, 0.6) is 0 Å². The molecule has 5 heteroatoms. The van der Waals surface area contributed by atoms with E-state index in [1.165, 1.54) is 0 Å². The number of rotatable bonds is 5. The van der Waals surface area contributed by atoms with Crippen LogP contribution >= 0.6 is 11.3 Å². The monoisotopic (exact) mass is 814 g/mol. The van der Waals surface area contributed by atoms with Crippen LogP contribution in [0.1, 0.15) is 11.0 Å². The van der Waals surface area contributed by atoms with E-state index in [0.717, 1.165) is 74.7 Å². The lowest BCUT2D eigenvalue weighted by atomic mass is 9.91. The lowest BCUT2D eigenvalue weighted by molar-refractivity contribution is 1.07. The van der Waals surface area contributed by atoms with Crippen molar-refractivity contribution < 1.29 is 11.0 Å². The predicted molar refractivity (Wildman–Crippen MR) is 261 cm³/mol. The van der Waals surface area contributed by atoms with Gasteiger partial charge in [-0.25, -0.2) is 15.0 Å². The van der Waals surface area contributed by atoms with Crippen LogP contribution in [-0.4, -0.2) is 19.5 Å². The molecule has 0 fully saturated rings. The first-order valence-corrected chi connectivity index (χ1v) is 21.1. The zero-order valence-corrected chi connectivity index (χ0v) is 33.5. The molecule has 0 atom stereocenters. The van der Waals surface area contributed by atoms with Gasteiger partial charge in [-0.05, 0) is 85.9 Å². The quantitative estimate of drug-likeness (QED) is 0.163. The Morgan fingerprint density at radius 2 is 0.855 bits per heavy atom. The third-order valence-electron chi connectivity index (χ3n) is 11.9. The van der Waals surface area contributed by atoms with Crippen LogP contribution in [-0.2, 0) is 0 Å². The average Bonchev–Trinajstić information content (AvgIpc) is 3.97. The number of aromatic nitrogens is 4. The number of benzene rings is 10. The summed E-state index contributed by atoms with van der Waals surface area (Å²) >= 11 is 1.69. The van der Waals surface area contributed by atoms with Gasteiger partial charge in [0, 0.05) is 47.6 Å². The average molecular weight is 815 g/mol. The van der Waals surface area contributed by atoms with Gasteiger partial charge < -0.3 is 4.57 Å². The van der Waals surface area contributed by atoms with Crippen molar-refractivity contribution in [2.24, 2.45) is 0 Å². The SMILES string of the molecule is [2H]c1c([2H])c([2H])c2c(c1[2H])c1c([2H])c([2H])c([2H])c([2H])c1n2-c1cc(-c2ccc3c4ccccc4c4ccccc4c3c2)ccc1-c1nc(-c2ccccc2)nc(-c2ccc3c(c2)sc2ccccc23)n1. The molecule has 0 unspecified atom stereocenters. The molecule has 4 nitrogen and oxygen atoms in total. The first kappa shape index (κ1) is 27.7. The van der Waals surface area contributed by atoms with Gasteiger partial charge >= 0.3 is 0 Å². The first-order chi connectivity index (χ1) is 34.0. The highest BCUT2D eigenvalue weighted by Gasteiger charge is 2.21. The molecular weight excluding hydrogens is 773 g/mol. The molecule has 0 bridgehead atoms. The number of fused-ring (bicyclic) bond motifs is 12.